The minimum atomic E-state index is -0.0943. The molecule has 0 N–H and O–H groups in total. The fourth-order valence-electron chi connectivity index (χ4n) is 3.43. The summed E-state index contributed by atoms with van der Waals surface area (Å²) < 4.78 is 14.4. The number of aromatic nitrogens is 5. The van der Waals surface area contributed by atoms with Crippen LogP contribution in [0.1, 0.15) is 5.69 Å². The van der Waals surface area contributed by atoms with Gasteiger partial charge in [-0.2, -0.15) is 0 Å². The van der Waals surface area contributed by atoms with Gasteiger partial charge in [-0.25, -0.2) is 4.98 Å². The van der Waals surface area contributed by atoms with Crippen LogP contribution >= 0.6 is 23.1 Å². The number of rotatable bonds is 7. The zero-order valence-corrected chi connectivity index (χ0v) is 19.5. The van der Waals surface area contributed by atoms with Crippen LogP contribution in [0.2, 0.25) is 0 Å². The number of ether oxygens (including phenoxy) is 2. The molecule has 2 aromatic carbocycles. The first-order valence-electron chi connectivity index (χ1n) is 10.00. The summed E-state index contributed by atoms with van der Waals surface area (Å²) in [5.41, 5.74) is 2.36. The number of methoxy groups -OCH3 is 2. The summed E-state index contributed by atoms with van der Waals surface area (Å²) in [4.78, 5) is 17.6. The number of benzene rings is 2. The van der Waals surface area contributed by atoms with Crippen LogP contribution in [0.15, 0.2) is 76.1 Å². The Morgan fingerprint density at radius 3 is 2.61 bits per heavy atom. The first-order chi connectivity index (χ1) is 16.2. The third-order valence-electron chi connectivity index (χ3n) is 5.00. The Balaban J connectivity index is 1.56. The van der Waals surface area contributed by atoms with Crippen molar-refractivity contribution < 1.29 is 9.47 Å². The standard InChI is InChI=1S/C23H19N5O3S2/c1-30-18-9-8-17(13-19(18)31-2)28-21(15-6-4-3-5-7-15)25-26-23(28)33-14-16-12-20(29)27-10-11-32-22(27)24-16/h3-13H,14H2,1-2H3. The molecule has 0 aliphatic carbocycles. The van der Waals surface area contributed by atoms with E-state index in [4.69, 9.17) is 9.47 Å². The van der Waals surface area contributed by atoms with E-state index >= 15 is 0 Å². The molecule has 0 amide bonds. The van der Waals surface area contributed by atoms with Crippen molar-refractivity contribution in [3.8, 4) is 28.6 Å². The SMILES string of the molecule is COc1ccc(-n2c(SCc3cc(=O)n4ccsc4n3)nnc2-c2ccccc2)cc1OC. The summed E-state index contributed by atoms with van der Waals surface area (Å²) in [7, 11) is 3.21. The van der Waals surface area contributed by atoms with Crippen molar-refractivity contribution in [2.75, 3.05) is 14.2 Å². The van der Waals surface area contributed by atoms with E-state index in [0.29, 0.717) is 38.9 Å². The van der Waals surface area contributed by atoms with Gasteiger partial charge in [0, 0.05) is 35.0 Å². The highest BCUT2D eigenvalue weighted by molar-refractivity contribution is 7.98. The number of nitrogens with zero attached hydrogens (tertiary/aromatic N) is 5. The molecule has 3 aromatic heterocycles. The molecule has 0 fully saturated rings. The highest BCUT2D eigenvalue weighted by Gasteiger charge is 2.18. The average molecular weight is 478 g/mol. The minimum Gasteiger partial charge on any atom is -0.493 e. The van der Waals surface area contributed by atoms with Gasteiger partial charge in [0.2, 0.25) is 0 Å². The van der Waals surface area contributed by atoms with Crippen molar-refractivity contribution in [1.82, 2.24) is 24.1 Å². The number of thioether (sulfide) groups is 1. The normalized spacial score (nSPS) is 11.1. The lowest BCUT2D eigenvalue weighted by atomic mass is 10.2. The Hall–Kier alpha value is -3.63. The number of fused-ring (bicyclic) bond motifs is 1. The fourth-order valence-corrected chi connectivity index (χ4v) is 5.02. The summed E-state index contributed by atoms with van der Waals surface area (Å²) in [6.45, 7) is 0. The second-order valence-electron chi connectivity index (χ2n) is 6.98. The van der Waals surface area contributed by atoms with Gasteiger partial charge in [0.1, 0.15) is 0 Å². The maximum atomic E-state index is 12.3. The van der Waals surface area contributed by atoms with Crippen molar-refractivity contribution in [3.05, 3.63) is 82.2 Å². The molecule has 0 spiro atoms. The van der Waals surface area contributed by atoms with Crippen molar-refractivity contribution >= 4 is 28.1 Å². The summed E-state index contributed by atoms with van der Waals surface area (Å²) >= 11 is 2.89. The van der Waals surface area contributed by atoms with Crippen molar-refractivity contribution in [3.63, 3.8) is 0 Å². The minimum absolute atomic E-state index is 0.0943. The molecule has 10 heteroatoms. The molecule has 0 atom stereocenters. The molecule has 5 rings (SSSR count). The molecule has 33 heavy (non-hydrogen) atoms. The van der Waals surface area contributed by atoms with Gasteiger partial charge >= 0.3 is 0 Å². The Labute approximate surface area is 197 Å². The van der Waals surface area contributed by atoms with Crippen LogP contribution in [0.4, 0.5) is 0 Å². The van der Waals surface area contributed by atoms with Gasteiger partial charge in [-0.3, -0.25) is 13.8 Å². The fraction of sp³-hybridized carbons (Fsp3) is 0.130. The zero-order chi connectivity index (χ0) is 22.8. The van der Waals surface area contributed by atoms with Gasteiger partial charge in [0.25, 0.3) is 5.56 Å². The smallest absolute Gasteiger partial charge is 0.258 e. The van der Waals surface area contributed by atoms with Crippen LogP contribution in [0.5, 0.6) is 11.5 Å². The van der Waals surface area contributed by atoms with Crippen LogP contribution < -0.4 is 15.0 Å². The highest BCUT2D eigenvalue weighted by atomic mass is 32.2. The van der Waals surface area contributed by atoms with Crippen molar-refractivity contribution in [2.24, 2.45) is 0 Å². The molecule has 8 nitrogen and oxygen atoms in total. The Morgan fingerprint density at radius 2 is 1.82 bits per heavy atom. The van der Waals surface area contributed by atoms with Gasteiger partial charge < -0.3 is 9.47 Å². The van der Waals surface area contributed by atoms with E-state index in [1.54, 1.807) is 30.9 Å². The van der Waals surface area contributed by atoms with Crippen LogP contribution in [-0.2, 0) is 5.75 Å². The van der Waals surface area contributed by atoms with Gasteiger partial charge in [-0.15, -0.1) is 21.5 Å². The Kier molecular flexibility index (Phi) is 5.84. The number of thiazole rings is 1. The average Bonchev–Trinajstić information content (AvgIpc) is 3.50. The van der Waals surface area contributed by atoms with E-state index in [9.17, 15) is 4.79 Å². The van der Waals surface area contributed by atoms with E-state index in [0.717, 1.165) is 11.3 Å². The first-order valence-corrected chi connectivity index (χ1v) is 11.9. The second-order valence-corrected chi connectivity index (χ2v) is 8.79. The molecule has 3 heterocycles. The van der Waals surface area contributed by atoms with Gasteiger partial charge in [0.05, 0.1) is 25.6 Å². The van der Waals surface area contributed by atoms with Crippen LogP contribution in [-0.4, -0.2) is 38.4 Å². The number of hydrogen-bond donors (Lipinski definition) is 0. The predicted molar refractivity (Wildman–Crippen MR) is 129 cm³/mol. The molecule has 0 unspecified atom stereocenters. The zero-order valence-electron chi connectivity index (χ0n) is 17.8. The van der Waals surface area contributed by atoms with Gasteiger partial charge in [-0.05, 0) is 12.1 Å². The third-order valence-corrected chi connectivity index (χ3v) is 6.72. The maximum absolute atomic E-state index is 12.3. The van der Waals surface area contributed by atoms with Gasteiger partial charge in [0.15, 0.2) is 27.4 Å². The van der Waals surface area contributed by atoms with Crippen LogP contribution in [0, 0.1) is 0 Å². The highest BCUT2D eigenvalue weighted by Crippen LogP contribution is 2.34. The molecule has 5 aromatic rings. The molecule has 0 aliphatic rings. The summed E-state index contributed by atoms with van der Waals surface area (Å²) in [6.07, 6.45) is 1.73. The van der Waals surface area contributed by atoms with Crippen LogP contribution in [0.25, 0.3) is 22.0 Å². The molecular formula is C23H19N5O3S2. The summed E-state index contributed by atoms with van der Waals surface area (Å²) in [6, 6.07) is 17.1. The van der Waals surface area contributed by atoms with E-state index in [1.165, 1.54) is 23.1 Å². The number of hydrogen-bond acceptors (Lipinski definition) is 8. The lowest BCUT2D eigenvalue weighted by Crippen LogP contribution is -2.12. The second kappa shape index (κ2) is 9.08. The molecular weight excluding hydrogens is 458 g/mol. The molecule has 0 radical (unpaired) electrons. The lowest BCUT2D eigenvalue weighted by Gasteiger charge is -2.13. The maximum Gasteiger partial charge on any atom is 0.258 e. The summed E-state index contributed by atoms with van der Waals surface area (Å²) in [5, 5.41) is 11.4. The molecule has 0 aliphatic heterocycles. The Morgan fingerprint density at radius 1 is 1.00 bits per heavy atom. The van der Waals surface area contributed by atoms with E-state index in [2.05, 4.69) is 15.2 Å². The largest absolute Gasteiger partial charge is 0.493 e. The molecule has 0 saturated heterocycles. The predicted octanol–water partition coefficient (Wildman–Crippen LogP) is 4.31. The van der Waals surface area contributed by atoms with Crippen molar-refractivity contribution in [2.45, 2.75) is 10.9 Å². The lowest BCUT2D eigenvalue weighted by molar-refractivity contribution is 0.355. The third kappa shape index (κ3) is 4.10. The molecule has 0 saturated carbocycles. The molecule has 166 valence electrons. The quantitative estimate of drug-likeness (QED) is 0.323. The molecule has 0 bridgehead atoms. The van der Waals surface area contributed by atoms with Gasteiger partial charge in [-0.1, -0.05) is 42.1 Å². The first kappa shape index (κ1) is 21.2. The Bertz CT molecular complexity index is 1480. The van der Waals surface area contributed by atoms with E-state index in [1.807, 2.05) is 58.5 Å². The topological polar surface area (TPSA) is 83.5 Å². The van der Waals surface area contributed by atoms with Crippen molar-refractivity contribution in [1.29, 1.82) is 0 Å². The van der Waals surface area contributed by atoms with E-state index < -0.39 is 0 Å². The van der Waals surface area contributed by atoms with Crippen LogP contribution in [0.3, 0.4) is 0 Å². The van der Waals surface area contributed by atoms with E-state index in [-0.39, 0.29) is 5.56 Å². The summed E-state index contributed by atoms with van der Waals surface area (Å²) in [5.74, 6) is 2.42. The monoisotopic (exact) mass is 477 g/mol.